The summed E-state index contributed by atoms with van der Waals surface area (Å²) in [5.74, 6) is 0.315. The molecule has 4 rings (SSSR count). The van der Waals surface area contributed by atoms with Gasteiger partial charge in [0.25, 0.3) is 5.56 Å². The highest BCUT2D eigenvalue weighted by atomic mass is 16.2. The molecule has 3 aliphatic rings. The van der Waals surface area contributed by atoms with Crippen molar-refractivity contribution < 1.29 is 9.59 Å². The number of amides is 3. The van der Waals surface area contributed by atoms with Crippen LogP contribution in [0.5, 0.6) is 0 Å². The average Bonchev–Trinajstić information content (AvgIpc) is 2.78. The van der Waals surface area contributed by atoms with E-state index in [1.54, 1.807) is 12.1 Å². The predicted octanol–water partition coefficient (Wildman–Crippen LogP) is 3.01. The van der Waals surface area contributed by atoms with Crippen molar-refractivity contribution in [3.63, 3.8) is 0 Å². The lowest BCUT2D eigenvalue weighted by Gasteiger charge is -2.43. The van der Waals surface area contributed by atoms with Gasteiger partial charge < -0.3 is 20.1 Å². The first kappa shape index (κ1) is 22.6. The molecule has 0 saturated carbocycles. The summed E-state index contributed by atoms with van der Waals surface area (Å²) in [6, 6.07) is 4.66. The number of urea groups is 1. The van der Waals surface area contributed by atoms with E-state index in [1.165, 1.54) is 18.4 Å². The second kappa shape index (κ2) is 9.92. The summed E-state index contributed by atoms with van der Waals surface area (Å²) in [7, 11) is 0. The fourth-order valence-corrected chi connectivity index (χ4v) is 5.41. The number of nitrogens with one attached hydrogen (secondary N) is 2. The van der Waals surface area contributed by atoms with Crippen LogP contribution in [0.25, 0.3) is 0 Å². The van der Waals surface area contributed by atoms with E-state index in [4.69, 9.17) is 0 Å². The monoisotopic (exact) mass is 440 g/mol. The molecule has 32 heavy (non-hydrogen) atoms. The third-order valence-corrected chi connectivity index (χ3v) is 7.13. The van der Waals surface area contributed by atoms with Crippen LogP contribution in [0.1, 0.15) is 64.0 Å². The van der Waals surface area contributed by atoms with Gasteiger partial charge in [0.05, 0.1) is 0 Å². The molecule has 3 amide bonds. The third-order valence-electron chi connectivity index (χ3n) is 7.13. The molecule has 1 saturated heterocycles. The molecular formula is C25H36N4O3. The lowest BCUT2D eigenvalue weighted by Crippen LogP contribution is -2.57. The Kier molecular flexibility index (Phi) is 7.01. The number of allylic oxidation sites excluding steroid dienone is 1. The van der Waals surface area contributed by atoms with Gasteiger partial charge in [-0.2, -0.15) is 0 Å². The van der Waals surface area contributed by atoms with Crippen molar-refractivity contribution in [1.82, 2.24) is 20.1 Å². The second-order valence-electron chi connectivity index (χ2n) is 9.92. The molecule has 1 aliphatic carbocycles. The first-order valence-corrected chi connectivity index (χ1v) is 12.1. The molecule has 0 aromatic carbocycles. The number of nitrogens with zero attached hydrogens (tertiary/aromatic N) is 2. The minimum absolute atomic E-state index is 0.00330. The fourth-order valence-electron chi connectivity index (χ4n) is 5.41. The number of rotatable bonds is 6. The van der Waals surface area contributed by atoms with Crippen molar-refractivity contribution in [2.75, 3.05) is 19.6 Å². The Balaban J connectivity index is 1.34. The van der Waals surface area contributed by atoms with Gasteiger partial charge in [-0.25, -0.2) is 4.79 Å². The van der Waals surface area contributed by atoms with E-state index in [2.05, 4.69) is 16.7 Å². The molecular weight excluding hydrogens is 404 g/mol. The first-order chi connectivity index (χ1) is 15.4. The van der Waals surface area contributed by atoms with E-state index in [0.717, 1.165) is 31.4 Å². The Morgan fingerprint density at radius 1 is 1.16 bits per heavy atom. The minimum atomic E-state index is -0.556. The maximum Gasteiger partial charge on any atom is 0.318 e. The van der Waals surface area contributed by atoms with Crippen LogP contribution in [0.2, 0.25) is 0 Å². The predicted molar refractivity (Wildman–Crippen MR) is 124 cm³/mol. The van der Waals surface area contributed by atoms with Crippen molar-refractivity contribution in [1.29, 1.82) is 0 Å². The highest BCUT2D eigenvalue weighted by Gasteiger charge is 2.37. The van der Waals surface area contributed by atoms with Crippen molar-refractivity contribution in [3.8, 4) is 0 Å². The molecule has 7 heteroatoms. The third kappa shape index (κ3) is 5.08. The summed E-state index contributed by atoms with van der Waals surface area (Å²) in [5, 5.41) is 6.02. The lowest BCUT2D eigenvalue weighted by molar-refractivity contribution is -0.123. The molecule has 174 valence electrons. The topological polar surface area (TPSA) is 83.4 Å². The average molecular weight is 441 g/mol. The van der Waals surface area contributed by atoms with Crippen molar-refractivity contribution in [2.45, 2.75) is 70.9 Å². The number of hydrogen-bond acceptors (Lipinski definition) is 3. The molecule has 1 aromatic rings. The van der Waals surface area contributed by atoms with E-state index in [-0.39, 0.29) is 35.3 Å². The molecule has 1 fully saturated rings. The van der Waals surface area contributed by atoms with Gasteiger partial charge >= 0.3 is 6.03 Å². The highest BCUT2D eigenvalue weighted by Crippen LogP contribution is 2.34. The lowest BCUT2D eigenvalue weighted by atomic mass is 9.83. The molecule has 3 atom stereocenters. The summed E-state index contributed by atoms with van der Waals surface area (Å²) in [5.41, 5.74) is 2.48. The van der Waals surface area contributed by atoms with Gasteiger partial charge in [0, 0.05) is 43.9 Å². The van der Waals surface area contributed by atoms with Crippen LogP contribution in [0.3, 0.4) is 0 Å². The van der Waals surface area contributed by atoms with E-state index < -0.39 is 6.04 Å². The van der Waals surface area contributed by atoms with Crippen molar-refractivity contribution in [2.24, 2.45) is 11.8 Å². The number of pyridine rings is 1. The van der Waals surface area contributed by atoms with Gasteiger partial charge in [0.1, 0.15) is 6.04 Å². The molecule has 0 spiro atoms. The zero-order valence-corrected chi connectivity index (χ0v) is 19.3. The molecule has 2 aliphatic heterocycles. The van der Waals surface area contributed by atoms with Crippen LogP contribution >= 0.6 is 0 Å². The van der Waals surface area contributed by atoms with E-state index >= 15 is 0 Å². The SMILES string of the molecule is CC(C)[C@H](NC(=O)N1CC2CC(C1)c1cccc(=O)n1C2)C(=O)NCCC1=CCCCC1. The highest BCUT2D eigenvalue weighted by molar-refractivity contribution is 5.87. The number of fused-ring (bicyclic) bond motifs is 4. The number of carbonyl (C=O) groups excluding carboxylic acids is 2. The van der Waals surface area contributed by atoms with E-state index in [0.29, 0.717) is 26.2 Å². The molecule has 2 N–H and O–H groups in total. The van der Waals surface area contributed by atoms with Crippen LogP contribution in [0, 0.1) is 11.8 Å². The van der Waals surface area contributed by atoms with Gasteiger partial charge in [0.15, 0.2) is 0 Å². The molecule has 1 aromatic heterocycles. The fraction of sp³-hybridized carbons (Fsp3) is 0.640. The maximum absolute atomic E-state index is 13.1. The van der Waals surface area contributed by atoms with Gasteiger partial charge in [-0.3, -0.25) is 9.59 Å². The Morgan fingerprint density at radius 3 is 2.75 bits per heavy atom. The van der Waals surface area contributed by atoms with Crippen molar-refractivity contribution >= 4 is 11.9 Å². The van der Waals surface area contributed by atoms with Gasteiger partial charge in [-0.05, 0) is 56.4 Å². The van der Waals surface area contributed by atoms with Crippen LogP contribution in [0.15, 0.2) is 34.6 Å². The Labute approximate surface area is 190 Å². The number of likely N-dealkylation sites (tertiary alicyclic amines) is 1. The molecule has 2 unspecified atom stereocenters. The molecule has 3 heterocycles. The zero-order valence-electron chi connectivity index (χ0n) is 19.3. The van der Waals surface area contributed by atoms with Crippen LogP contribution in [-0.4, -0.2) is 47.1 Å². The summed E-state index contributed by atoms with van der Waals surface area (Å²) in [6.45, 7) is 6.38. The number of carbonyl (C=O) groups is 2. The van der Waals surface area contributed by atoms with Gasteiger partial charge in [-0.15, -0.1) is 0 Å². The van der Waals surface area contributed by atoms with Crippen molar-refractivity contribution in [3.05, 3.63) is 45.9 Å². The summed E-state index contributed by atoms with van der Waals surface area (Å²) in [4.78, 5) is 40.0. The van der Waals surface area contributed by atoms with Gasteiger partial charge in [-0.1, -0.05) is 31.6 Å². The van der Waals surface area contributed by atoms with Crippen LogP contribution in [0.4, 0.5) is 4.79 Å². The summed E-state index contributed by atoms with van der Waals surface area (Å²) >= 11 is 0. The normalized spacial score (nSPS) is 23.2. The van der Waals surface area contributed by atoms with Crippen LogP contribution < -0.4 is 16.2 Å². The van der Waals surface area contributed by atoms with E-state index in [9.17, 15) is 14.4 Å². The largest absolute Gasteiger partial charge is 0.354 e. The minimum Gasteiger partial charge on any atom is -0.354 e. The summed E-state index contributed by atoms with van der Waals surface area (Å²) in [6.07, 6.45) is 8.96. The number of piperidine rings is 1. The van der Waals surface area contributed by atoms with Crippen LogP contribution in [-0.2, 0) is 11.3 Å². The maximum atomic E-state index is 13.1. The smallest absolute Gasteiger partial charge is 0.318 e. The first-order valence-electron chi connectivity index (χ1n) is 12.1. The standard InChI is InChI=1S/C25H36N4O3/c1-17(2)23(24(31)26-12-11-18-7-4-3-5-8-18)27-25(32)28-14-19-13-20(16-28)21-9-6-10-22(30)29(21)15-19/h6-7,9-10,17,19-20,23H,3-5,8,11-16H2,1-2H3,(H,26,31)(H,27,32)/t19?,20?,23-/m0/s1. The quantitative estimate of drug-likeness (QED) is 0.667. The number of aromatic nitrogens is 1. The number of hydrogen-bond donors (Lipinski definition) is 2. The van der Waals surface area contributed by atoms with Gasteiger partial charge in [0.2, 0.25) is 5.91 Å². The Bertz CT molecular complexity index is 935. The molecule has 7 nitrogen and oxygen atoms in total. The second-order valence-corrected chi connectivity index (χ2v) is 9.92. The summed E-state index contributed by atoms with van der Waals surface area (Å²) < 4.78 is 1.86. The molecule has 0 radical (unpaired) electrons. The Hall–Kier alpha value is -2.57. The molecule has 2 bridgehead atoms. The van der Waals surface area contributed by atoms with E-state index in [1.807, 2.05) is 29.4 Å². The Morgan fingerprint density at radius 2 is 2.00 bits per heavy atom. The zero-order chi connectivity index (χ0) is 22.7.